The fourth-order valence-corrected chi connectivity index (χ4v) is 5.35. The van der Waals surface area contributed by atoms with E-state index in [9.17, 15) is 9.59 Å². The molecule has 0 radical (unpaired) electrons. The SMILES string of the molecule is CC(=O)N(c1ccccc1)c1nc(Cn2cnc3scc(-c4ccccc4)c3c2=O)cs1. The van der Waals surface area contributed by atoms with Crippen LogP contribution in [0.1, 0.15) is 12.6 Å². The number of nitrogens with zero attached hydrogens (tertiary/aromatic N) is 4. The highest BCUT2D eigenvalue weighted by molar-refractivity contribution is 7.17. The van der Waals surface area contributed by atoms with E-state index >= 15 is 0 Å². The summed E-state index contributed by atoms with van der Waals surface area (Å²) in [4.78, 5) is 37.0. The van der Waals surface area contributed by atoms with E-state index in [4.69, 9.17) is 0 Å². The molecule has 0 saturated heterocycles. The number of para-hydroxylation sites is 1. The Hall–Kier alpha value is -3.62. The molecule has 32 heavy (non-hydrogen) atoms. The lowest BCUT2D eigenvalue weighted by Gasteiger charge is -2.17. The highest BCUT2D eigenvalue weighted by Crippen LogP contribution is 2.31. The number of benzene rings is 2. The van der Waals surface area contributed by atoms with E-state index in [-0.39, 0.29) is 18.0 Å². The van der Waals surface area contributed by atoms with Crippen molar-refractivity contribution in [3.63, 3.8) is 0 Å². The summed E-state index contributed by atoms with van der Waals surface area (Å²) in [5, 5.41) is 5.04. The number of hydrogen-bond donors (Lipinski definition) is 0. The Balaban J connectivity index is 1.50. The molecule has 0 unspecified atom stereocenters. The first-order valence-corrected chi connectivity index (χ1v) is 11.7. The molecule has 0 aliphatic rings. The average molecular weight is 459 g/mol. The quantitative estimate of drug-likeness (QED) is 0.358. The third kappa shape index (κ3) is 3.74. The second-order valence-corrected chi connectivity index (χ2v) is 8.88. The molecule has 1 amide bonds. The molecule has 5 rings (SSSR count). The minimum atomic E-state index is -0.122. The lowest BCUT2D eigenvalue weighted by Crippen LogP contribution is -2.23. The second-order valence-electron chi connectivity index (χ2n) is 7.18. The van der Waals surface area contributed by atoms with Crippen molar-refractivity contribution < 1.29 is 4.79 Å². The molecule has 0 fully saturated rings. The van der Waals surface area contributed by atoms with Gasteiger partial charge in [0.1, 0.15) is 4.83 Å². The highest BCUT2D eigenvalue weighted by atomic mass is 32.1. The summed E-state index contributed by atoms with van der Waals surface area (Å²) in [5.74, 6) is -0.122. The zero-order chi connectivity index (χ0) is 22.1. The molecular formula is C24H18N4O2S2. The van der Waals surface area contributed by atoms with Gasteiger partial charge in [-0.1, -0.05) is 48.5 Å². The number of fused-ring (bicyclic) bond motifs is 1. The summed E-state index contributed by atoms with van der Waals surface area (Å²) >= 11 is 2.84. The van der Waals surface area contributed by atoms with Gasteiger partial charge < -0.3 is 0 Å². The van der Waals surface area contributed by atoms with Crippen LogP contribution in [0, 0.1) is 0 Å². The van der Waals surface area contributed by atoms with Crippen LogP contribution >= 0.6 is 22.7 Å². The largest absolute Gasteiger partial charge is 0.293 e. The number of carbonyl (C=O) groups excluding carboxylic acids is 1. The van der Waals surface area contributed by atoms with Gasteiger partial charge in [0.2, 0.25) is 5.91 Å². The lowest BCUT2D eigenvalue weighted by molar-refractivity contribution is -0.115. The third-order valence-corrected chi connectivity index (χ3v) is 6.80. The van der Waals surface area contributed by atoms with Crippen LogP contribution in [0.15, 0.2) is 82.5 Å². The number of aromatic nitrogens is 3. The summed E-state index contributed by atoms with van der Waals surface area (Å²) in [6, 6.07) is 19.2. The number of thiophene rings is 1. The Morgan fingerprint density at radius 3 is 2.44 bits per heavy atom. The highest BCUT2D eigenvalue weighted by Gasteiger charge is 2.19. The van der Waals surface area contributed by atoms with Crippen molar-refractivity contribution in [2.24, 2.45) is 0 Å². The Morgan fingerprint density at radius 1 is 1.00 bits per heavy atom. The van der Waals surface area contributed by atoms with Crippen molar-refractivity contribution in [2.75, 3.05) is 4.90 Å². The zero-order valence-electron chi connectivity index (χ0n) is 17.1. The van der Waals surface area contributed by atoms with Crippen molar-refractivity contribution in [3.05, 3.63) is 93.8 Å². The molecule has 0 aliphatic carbocycles. The Morgan fingerprint density at radius 2 is 1.72 bits per heavy atom. The van der Waals surface area contributed by atoms with Crippen LogP contribution in [0.5, 0.6) is 0 Å². The maximum absolute atomic E-state index is 13.3. The Bertz CT molecular complexity index is 1460. The standard InChI is InChI=1S/C24H18N4O2S2/c1-16(29)28(19-10-6-3-7-11-19)24-26-18(13-32-24)12-27-15-25-22-21(23(27)30)20(14-31-22)17-8-4-2-5-9-17/h2-11,13-15H,12H2,1H3. The summed E-state index contributed by atoms with van der Waals surface area (Å²) in [6.07, 6.45) is 1.56. The molecule has 0 aliphatic heterocycles. The summed E-state index contributed by atoms with van der Waals surface area (Å²) in [5.41, 5.74) is 3.24. The maximum atomic E-state index is 13.3. The van der Waals surface area contributed by atoms with Crippen molar-refractivity contribution in [3.8, 4) is 11.1 Å². The van der Waals surface area contributed by atoms with Crippen LogP contribution in [0.2, 0.25) is 0 Å². The van der Waals surface area contributed by atoms with E-state index in [1.807, 2.05) is 71.4 Å². The third-order valence-electron chi connectivity index (χ3n) is 5.04. The molecular weight excluding hydrogens is 440 g/mol. The number of rotatable bonds is 5. The number of thiazole rings is 1. The number of carbonyl (C=O) groups is 1. The van der Waals surface area contributed by atoms with Gasteiger partial charge in [-0.2, -0.15) is 0 Å². The van der Waals surface area contributed by atoms with E-state index in [1.54, 1.807) is 15.8 Å². The van der Waals surface area contributed by atoms with Gasteiger partial charge in [-0.15, -0.1) is 22.7 Å². The molecule has 2 aromatic carbocycles. The molecule has 3 aromatic heterocycles. The molecule has 0 saturated carbocycles. The number of hydrogen-bond acceptors (Lipinski definition) is 6. The van der Waals surface area contributed by atoms with Crippen LogP contribution in [-0.4, -0.2) is 20.4 Å². The van der Waals surface area contributed by atoms with Crippen LogP contribution in [-0.2, 0) is 11.3 Å². The maximum Gasteiger partial charge on any atom is 0.263 e. The van der Waals surface area contributed by atoms with E-state index in [1.165, 1.54) is 29.6 Å². The molecule has 5 aromatic rings. The lowest BCUT2D eigenvalue weighted by atomic mass is 10.1. The molecule has 0 spiro atoms. The van der Waals surface area contributed by atoms with Gasteiger partial charge in [-0.25, -0.2) is 9.97 Å². The van der Waals surface area contributed by atoms with E-state index in [0.717, 1.165) is 21.6 Å². The van der Waals surface area contributed by atoms with Gasteiger partial charge in [0.05, 0.1) is 29.6 Å². The van der Waals surface area contributed by atoms with E-state index < -0.39 is 0 Å². The average Bonchev–Trinajstić information content (AvgIpc) is 3.45. The first-order valence-electron chi connectivity index (χ1n) is 9.94. The fraction of sp³-hybridized carbons (Fsp3) is 0.0833. The van der Waals surface area contributed by atoms with Gasteiger partial charge in [0, 0.05) is 23.2 Å². The minimum absolute atomic E-state index is 0.101. The molecule has 158 valence electrons. The molecule has 0 atom stereocenters. The smallest absolute Gasteiger partial charge is 0.263 e. The van der Waals surface area contributed by atoms with E-state index in [2.05, 4.69) is 9.97 Å². The van der Waals surface area contributed by atoms with Gasteiger partial charge >= 0.3 is 0 Å². The summed E-state index contributed by atoms with van der Waals surface area (Å²) < 4.78 is 1.57. The first-order chi connectivity index (χ1) is 15.6. The Kier molecular flexibility index (Phi) is 5.38. The van der Waals surface area contributed by atoms with Gasteiger partial charge in [-0.05, 0) is 17.7 Å². The van der Waals surface area contributed by atoms with Crippen LogP contribution in [0.4, 0.5) is 10.8 Å². The predicted molar refractivity (Wildman–Crippen MR) is 130 cm³/mol. The monoisotopic (exact) mass is 458 g/mol. The minimum Gasteiger partial charge on any atom is -0.293 e. The summed E-state index contributed by atoms with van der Waals surface area (Å²) in [7, 11) is 0. The van der Waals surface area contributed by atoms with Crippen LogP contribution in [0.25, 0.3) is 21.3 Å². The second kappa shape index (κ2) is 8.49. The fourth-order valence-electron chi connectivity index (χ4n) is 3.56. The van der Waals surface area contributed by atoms with Crippen molar-refractivity contribution >= 4 is 49.6 Å². The first kappa shape index (κ1) is 20.3. The van der Waals surface area contributed by atoms with Gasteiger partial charge in [-0.3, -0.25) is 19.1 Å². The normalized spacial score (nSPS) is 11.0. The molecule has 8 heteroatoms. The molecule has 0 bridgehead atoms. The van der Waals surface area contributed by atoms with Crippen molar-refractivity contribution in [1.29, 1.82) is 0 Å². The van der Waals surface area contributed by atoms with Crippen molar-refractivity contribution in [1.82, 2.24) is 14.5 Å². The van der Waals surface area contributed by atoms with Gasteiger partial charge in [0.15, 0.2) is 5.13 Å². The molecule has 0 N–H and O–H groups in total. The van der Waals surface area contributed by atoms with Crippen molar-refractivity contribution in [2.45, 2.75) is 13.5 Å². The molecule has 3 heterocycles. The molecule has 6 nitrogen and oxygen atoms in total. The topological polar surface area (TPSA) is 68.1 Å². The Labute approximate surface area is 192 Å². The van der Waals surface area contributed by atoms with Crippen LogP contribution in [0.3, 0.4) is 0 Å². The summed E-state index contributed by atoms with van der Waals surface area (Å²) in [6.45, 7) is 1.79. The number of anilines is 2. The predicted octanol–water partition coefficient (Wildman–Crippen LogP) is 5.31. The zero-order valence-corrected chi connectivity index (χ0v) is 18.8. The number of amides is 1. The van der Waals surface area contributed by atoms with E-state index in [0.29, 0.717) is 16.2 Å². The van der Waals surface area contributed by atoms with Crippen LogP contribution < -0.4 is 10.5 Å². The van der Waals surface area contributed by atoms with Gasteiger partial charge in [0.25, 0.3) is 5.56 Å².